The number of nitrogens with zero attached hydrogens (tertiary/aromatic N) is 3. The van der Waals surface area contributed by atoms with E-state index in [9.17, 15) is 4.79 Å². The zero-order chi connectivity index (χ0) is 25.6. The van der Waals surface area contributed by atoms with Gasteiger partial charge in [-0.15, -0.1) is 0 Å². The monoisotopic (exact) mass is 489 g/mol. The number of ether oxygens (including phenoxy) is 1. The van der Waals surface area contributed by atoms with Crippen molar-refractivity contribution in [3.05, 3.63) is 96.8 Å². The molecule has 0 unspecified atom stereocenters. The normalized spacial score (nSPS) is 10.6. The maximum Gasteiger partial charge on any atom is 0.262 e. The second kappa shape index (κ2) is 10.5. The largest absolute Gasteiger partial charge is 0.484 e. The van der Waals surface area contributed by atoms with E-state index in [1.165, 1.54) is 6.21 Å². The predicted octanol–water partition coefficient (Wildman–Crippen LogP) is 5.03. The Morgan fingerprint density at radius 2 is 1.86 bits per heavy atom. The van der Waals surface area contributed by atoms with Crippen LogP contribution in [-0.4, -0.2) is 33.7 Å². The summed E-state index contributed by atoms with van der Waals surface area (Å²) in [6.45, 7) is -0.157. The highest BCUT2D eigenvalue weighted by Gasteiger charge is 2.12. The fourth-order valence-electron chi connectivity index (χ4n) is 3.72. The minimum Gasteiger partial charge on any atom is -0.484 e. The Morgan fingerprint density at radius 3 is 2.70 bits per heavy atom. The fourth-order valence-corrected chi connectivity index (χ4v) is 3.72. The van der Waals surface area contributed by atoms with Crippen LogP contribution in [0.1, 0.15) is 5.56 Å². The Morgan fingerprint density at radius 1 is 0.973 bits per heavy atom. The number of nitrogen functional groups attached to an aromatic ring is 1. The number of anilines is 4. The summed E-state index contributed by atoms with van der Waals surface area (Å²) in [6, 6.07) is 23.8. The third-order valence-corrected chi connectivity index (χ3v) is 5.52. The summed E-state index contributed by atoms with van der Waals surface area (Å²) in [7, 11) is 0. The quantitative estimate of drug-likeness (QED) is 0.177. The van der Waals surface area contributed by atoms with Gasteiger partial charge in [0.05, 0.1) is 17.4 Å². The highest BCUT2D eigenvalue weighted by atomic mass is 16.5. The number of hydrogen-bond acceptors (Lipinski definition) is 8. The van der Waals surface area contributed by atoms with Gasteiger partial charge in [0.1, 0.15) is 11.6 Å². The van der Waals surface area contributed by atoms with Crippen molar-refractivity contribution >= 4 is 45.9 Å². The van der Waals surface area contributed by atoms with Crippen LogP contribution in [0.4, 0.5) is 22.9 Å². The number of para-hydroxylation sites is 1. The first kappa shape index (κ1) is 23.4. The molecule has 0 saturated carbocycles. The van der Waals surface area contributed by atoms with Gasteiger partial charge in [0.15, 0.2) is 12.4 Å². The molecule has 0 bridgehead atoms. The maximum absolute atomic E-state index is 12.3. The van der Waals surface area contributed by atoms with Gasteiger partial charge in [-0.2, -0.15) is 0 Å². The van der Waals surface area contributed by atoms with E-state index in [4.69, 9.17) is 25.8 Å². The Labute approximate surface area is 212 Å². The maximum atomic E-state index is 12.3. The SMILES string of the molecule is N=Cc1cc(Nc2nc(-c3cccc(OCC(=O)Nc4cccnc4)c3)nc3ccccc23)ccc1N. The van der Waals surface area contributed by atoms with Gasteiger partial charge in [0, 0.05) is 40.3 Å². The van der Waals surface area contributed by atoms with Gasteiger partial charge >= 0.3 is 0 Å². The number of benzene rings is 3. The molecule has 1 amide bonds. The summed E-state index contributed by atoms with van der Waals surface area (Å²) < 4.78 is 5.72. The van der Waals surface area contributed by atoms with E-state index in [-0.39, 0.29) is 12.5 Å². The number of hydrogen-bond donors (Lipinski definition) is 4. The lowest BCUT2D eigenvalue weighted by atomic mass is 10.1. The average molecular weight is 490 g/mol. The minimum absolute atomic E-state index is 0.157. The first-order chi connectivity index (χ1) is 18.1. The molecule has 9 heteroatoms. The smallest absolute Gasteiger partial charge is 0.262 e. The summed E-state index contributed by atoms with van der Waals surface area (Å²) in [5.41, 5.74) is 9.92. The molecule has 5 rings (SSSR count). The van der Waals surface area contributed by atoms with Crippen LogP contribution >= 0.6 is 0 Å². The van der Waals surface area contributed by atoms with Gasteiger partial charge in [0.2, 0.25) is 0 Å². The van der Waals surface area contributed by atoms with E-state index in [0.29, 0.717) is 34.3 Å². The standard InChI is InChI=1S/C28H23N7O2/c29-15-19-13-20(10-11-24(19)30)33-28-23-8-1-2-9-25(23)34-27(35-28)18-5-3-7-22(14-18)37-17-26(36)32-21-6-4-12-31-16-21/h1-16,29H,17,30H2,(H,32,36)(H,33,34,35). The third kappa shape index (κ3) is 5.51. The van der Waals surface area contributed by atoms with Crippen molar-refractivity contribution in [1.82, 2.24) is 15.0 Å². The molecule has 37 heavy (non-hydrogen) atoms. The van der Waals surface area contributed by atoms with Gasteiger partial charge in [0.25, 0.3) is 5.91 Å². The number of aromatic nitrogens is 3. The van der Waals surface area contributed by atoms with Crippen molar-refractivity contribution in [2.75, 3.05) is 23.0 Å². The zero-order valence-electron chi connectivity index (χ0n) is 19.7. The molecular weight excluding hydrogens is 466 g/mol. The van der Waals surface area contributed by atoms with E-state index in [2.05, 4.69) is 15.6 Å². The fraction of sp³-hybridized carbons (Fsp3) is 0.0357. The molecular formula is C28H23N7O2. The first-order valence-corrected chi connectivity index (χ1v) is 11.5. The van der Waals surface area contributed by atoms with Gasteiger partial charge in [-0.1, -0.05) is 24.3 Å². The van der Waals surface area contributed by atoms with Crippen LogP contribution in [0, 0.1) is 5.41 Å². The molecule has 5 aromatic rings. The topological polar surface area (TPSA) is 139 Å². The Hall–Kier alpha value is -5.31. The third-order valence-electron chi connectivity index (χ3n) is 5.52. The van der Waals surface area contributed by atoms with E-state index < -0.39 is 0 Å². The number of rotatable bonds is 8. The Kier molecular flexibility index (Phi) is 6.67. The highest BCUT2D eigenvalue weighted by Crippen LogP contribution is 2.29. The van der Waals surface area contributed by atoms with E-state index >= 15 is 0 Å². The van der Waals surface area contributed by atoms with Crippen molar-refractivity contribution in [2.45, 2.75) is 0 Å². The van der Waals surface area contributed by atoms with Crippen molar-refractivity contribution in [3.8, 4) is 17.1 Å². The molecule has 0 aliphatic carbocycles. The number of nitrogens with one attached hydrogen (secondary N) is 3. The second-order valence-electron chi connectivity index (χ2n) is 8.13. The summed E-state index contributed by atoms with van der Waals surface area (Å²) in [6.07, 6.45) is 4.42. The van der Waals surface area contributed by atoms with Crippen LogP contribution in [0.2, 0.25) is 0 Å². The lowest BCUT2D eigenvalue weighted by Crippen LogP contribution is -2.20. The zero-order valence-corrected chi connectivity index (χ0v) is 19.7. The average Bonchev–Trinajstić information content (AvgIpc) is 2.93. The summed E-state index contributed by atoms with van der Waals surface area (Å²) in [5, 5.41) is 14.5. The van der Waals surface area contributed by atoms with Crippen molar-refractivity contribution in [3.63, 3.8) is 0 Å². The number of carbonyl (C=O) groups is 1. The van der Waals surface area contributed by atoms with Crippen LogP contribution < -0.4 is 21.1 Å². The van der Waals surface area contributed by atoms with Crippen LogP contribution in [0.15, 0.2) is 91.3 Å². The van der Waals surface area contributed by atoms with Crippen LogP contribution in [-0.2, 0) is 4.79 Å². The summed E-state index contributed by atoms with van der Waals surface area (Å²) >= 11 is 0. The number of amides is 1. The van der Waals surface area contributed by atoms with Crippen LogP contribution in [0.5, 0.6) is 5.75 Å². The molecule has 2 aromatic heterocycles. The molecule has 0 radical (unpaired) electrons. The van der Waals surface area contributed by atoms with Crippen LogP contribution in [0.25, 0.3) is 22.3 Å². The van der Waals surface area contributed by atoms with Crippen molar-refractivity contribution in [2.24, 2.45) is 0 Å². The Bertz CT molecular complexity index is 1590. The molecule has 9 nitrogen and oxygen atoms in total. The summed E-state index contributed by atoms with van der Waals surface area (Å²) in [4.78, 5) is 25.8. The lowest BCUT2D eigenvalue weighted by Gasteiger charge is -2.13. The number of fused-ring (bicyclic) bond motifs is 1. The molecule has 5 N–H and O–H groups in total. The number of carbonyl (C=O) groups excluding carboxylic acids is 1. The predicted molar refractivity (Wildman–Crippen MR) is 145 cm³/mol. The second-order valence-corrected chi connectivity index (χ2v) is 8.13. The van der Waals surface area contributed by atoms with Gasteiger partial charge in [-0.3, -0.25) is 9.78 Å². The van der Waals surface area contributed by atoms with Gasteiger partial charge in [-0.05, 0) is 54.6 Å². The molecule has 0 fully saturated rings. The molecule has 0 aliphatic rings. The summed E-state index contributed by atoms with van der Waals surface area (Å²) in [5.74, 6) is 1.33. The van der Waals surface area contributed by atoms with E-state index in [1.807, 2.05) is 42.5 Å². The van der Waals surface area contributed by atoms with Crippen molar-refractivity contribution < 1.29 is 9.53 Å². The molecule has 0 aliphatic heterocycles. The van der Waals surface area contributed by atoms with Crippen LogP contribution in [0.3, 0.4) is 0 Å². The minimum atomic E-state index is -0.292. The molecule has 2 heterocycles. The molecule has 0 spiro atoms. The molecule has 3 aromatic carbocycles. The molecule has 0 saturated heterocycles. The molecule has 0 atom stereocenters. The van der Waals surface area contributed by atoms with Crippen molar-refractivity contribution in [1.29, 1.82) is 5.41 Å². The highest BCUT2D eigenvalue weighted by molar-refractivity contribution is 5.94. The van der Waals surface area contributed by atoms with E-state index in [0.717, 1.165) is 22.2 Å². The molecule has 182 valence electrons. The van der Waals surface area contributed by atoms with Gasteiger partial charge in [-0.25, -0.2) is 9.97 Å². The van der Waals surface area contributed by atoms with E-state index in [1.54, 1.807) is 48.8 Å². The lowest BCUT2D eigenvalue weighted by molar-refractivity contribution is -0.118. The number of pyridine rings is 1. The van der Waals surface area contributed by atoms with Gasteiger partial charge < -0.3 is 26.5 Å². The Balaban J connectivity index is 1.40. The number of nitrogens with two attached hydrogens (primary N) is 1. The first-order valence-electron chi connectivity index (χ1n) is 11.5.